The molecule has 0 N–H and O–H groups in total. The van der Waals surface area contributed by atoms with Crippen LogP contribution in [0.4, 0.5) is 5.69 Å². The second-order valence-corrected chi connectivity index (χ2v) is 6.80. The number of hydrogen-bond acceptors (Lipinski definition) is 7. The number of amides is 1. The van der Waals surface area contributed by atoms with Gasteiger partial charge in [-0.2, -0.15) is 0 Å². The van der Waals surface area contributed by atoms with Gasteiger partial charge in [-0.05, 0) is 37.3 Å². The Morgan fingerprint density at radius 3 is 2.12 bits per heavy atom. The number of hydrogen-bond donors (Lipinski definition) is 0. The second-order valence-electron chi connectivity index (χ2n) is 6.80. The van der Waals surface area contributed by atoms with Crippen LogP contribution in [0.25, 0.3) is 6.08 Å². The number of esters is 1. The van der Waals surface area contributed by atoms with E-state index in [4.69, 9.17) is 23.7 Å². The highest BCUT2D eigenvalue weighted by molar-refractivity contribution is 6.24. The topological polar surface area (TPSA) is 83.5 Å². The molecule has 0 radical (unpaired) electrons. The van der Waals surface area contributed by atoms with Crippen molar-refractivity contribution in [1.82, 2.24) is 0 Å². The lowest BCUT2D eigenvalue weighted by molar-refractivity contribution is -0.136. The molecule has 0 saturated heterocycles. The van der Waals surface area contributed by atoms with Crippen molar-refractivity contribution in [2.24, 2.45) is 0 Å². The molecule has 1 aliphatic rings. The maximum Gasteiger partial charge on any atom is 0.340 e. The minimum atomic E-state index is -0.613. The minimum absolute atomic E-state index is 0.171. The lowest BCUT2D eigenvalue weighted by Gasteiger charge is -2.19. The summed E-state index contributed by atoms with van der Waals surface area (Å²) in [5.41, 5.74) is 1.93. The molecule has 0 saturated carbocycles. The summed E-state index contributed by atoms with van der Waals surface area (Å²) in [5, 5.41) is 0. The van der Waals surface area contributed by atoms with Crippen LogP contribution in [-0.4, -0.2) is 47.4 Å². The molecule has 0 unspecified atom stereocenters. The molecule has 3 rings (SSSR count). The highest BCUT2D eigenvalue weighted by Gasteiger charge is 2.38. The van der Waals surface area contributed by atoms with E-state index in [0.717, 1.165) is 0 Å². The van der Waals surface area contributed by atoms with E-state index in [1.807, 2.05) is 0 Å². The number of nitrogens with zero attached hydrogens (tertiary/aromatic N) is 1. The molecule has 1 heterocycles. The van der Waals surface area contributed by atoms with Gasteiger partial charge in [0.2, 0.25) is 0 Å². The van der Waals surface area contributed by atoms with Crippen molar-refractivity contribution in [2.75, 3.05) is 40.4 Å². The molecule has 0 atom stereocenters. The van der Waals surface area contributed by atoms with Gasteiger partial charge in [0.15, 0.2) is 11.5 Å². The third-order valence-electron chi connectivity index (χ3n) is 5.16. The Morgan fingerprint density at radius 2 is 1.53 bits per heavy atom. The number of ether oxygens (including phenoxy) is 5. The Morgan fingerprint density at radius 1 is 0.844 bits per heavy atom. The normalized spacial score (nSPS) is 14.6. The highest BCUT2D eigenvalue weighted by atomic mass is 16.5. The number of anilines is 1. The van der Waals surface area contributed by atoms with E-state index in [2.05, 4.69) is 0 Å². The first kappa shape index (κ1) is 22.7. The first-order chi connectivity index (χ1) is 15.4. The van der Waals surface area contributed by atoms with Crippen molar-refractivity contribution in [2.45, 2.75) is 6.92 Å². The Labute approximate surface area is 186 Å². The standard InChI is InChI=1S/C24H25NO7/c1-14-22(24(27)32-6)18(11-15-7-9-17(28-2)13-20(15)30-4)23(26)25(14)16-8-10-19(29-3)21(12-16)31-5/h7-13H,1-6H3/b18-11-. The van der Waals surface area contributed by atoms with Gasteiger partial charge in [0.1, 0.15) is 11.5 Å². The van der Waals surface area contributed by atoms with Gasteiger partial charge < -0.3 is 23.7 Å². The molecule has 0 bridgehead atoms. The van der Waals surface area contributed by atoms with E-state index in [-0.39, 0.29) is 17.1 Å². The molecule has 1 amide bonds. The van der Waals surface area contributed by atoms with Gasteiger partial charge >= 0.3 is 5.97 Å². The molecule has 0 aliphatic carbocycles. The fourth-order valence-electron chi connectivity index (χ4n) is 3.55. The van der Waals surface area contributed by atoms with Gasteiger partial charge in [0.05, 0.1) is 52.4 Å². The number of methoxy groups -OCH3 is 5. The lowest BCUT2D eigenvalue weighted by atomic mass is 10.0. The summed E-state index contributed by atoms with van der Waals surface area (Å²) < 4.78 is 26.3. The van der Waals surface area contributed by atoms with Crippen LogP contribution in [0.1, 0.15) is 12.5 Å². The molecule has 0 spiro atoms. The molecule has 8 nitrogen and oxygen atoms in total. The zero-order chi connectivity index (χ0) is 23.4. The average molecular weight is 439 g/mol. The van der Waals surface area contributed by atoms with E-state index in [0.29, 0.717) is 39.9 Å². The molecule has 1 aliphatic heterocycles. The second kappa shape index (κ2) is 9.47. The van der Waals surface area contributed by atoms with E-state index < -0.39 is 5.97 Å². The molecule has 2 aromatic carbocycles. The van der Waals surface area contributed by atoms with Gasteiger partial charge in [-0.1, -0.05) is 0 Å². The molecular weight excluding hydrogens is 414 g/mol. The van der Waals surface area contributed by atoms with Crippen molar-refractivity contribution in [3.05, 3.63) is 58.8 Å². The Kier molecular flexibility index (Phi) is 6.73. The summed E-state index contributed by atoms with van der Waals surface area (Å²) >= 11 is 0. The fourth-order valence-corrected chi connectivity index (χ4v) is 3.55. The first-order valence-electron chi connectivity index (χ1n) is 9.69. The summed E-state index contributed by atoms with van der Waals surface area (Å²) in [5.74, 6) is 1.09. The first-order valence-corrected chi connectivity index (χ1v) is 9.69. The molecule has 8 heteroatoms. The zero-order valence-corrected chi connectivity index (χ0v) is 18.8. The predicted octanol–water partition coefficient (Wildman–Crippen LogP) is 3.60. The van der Waals surface area contributed by atoms with Crippen LogP contribution in [0.5, 0.6) is 23.0 Å². The summed E-state index contributed by atoms with van der Waals surface area (Å²) in [6.45, 7) is 1.69. The largest absolute Gasteiger partial charge is 0.497 e. The van der Waals surface area contributed by atoms with Crippen molar-refractivity contribution in [1.29, 1.82) is 0 Å². The van der Waals surface area contributed by atoms with Crippen molar-refractivity contribution in [3.8, 4) is 23.0 Å². The van der Waals surface area contributed by atoms with Gasteiger partial charge in [-0.25, -0.2) is 4.79 Å². The molecule has 0 aromatic heterocycles. The van der Waals surface area contributed by atoms with Gasteiger partial charge in [0, 0.05) is 23.4 Å². The summed E-state index contributed by atoms with van der Waals surface area (Å²) in [6, 6.07) is 10.3. The van der Waals surface area contributed by atoms with Crippen LogP contribution in [0.3, 0.4) is 0 Å². The maximum atomic E-state index is 13.5. The van der Waals surface area contributed by atoms with Gasteiger partial charge in [0.25, 0.3) is 5.91 Å². The molecule has 2 aromatic rings. The van der Waals surface area contributed by atoms with Crippen LogP contribution in [0, 0.1) is 0 Å². The van der Waals surface area contributed by atoms with Crippen molar-refractivity contribution < 1.29 is 33.3 Å². The molecule has 168 valence electrons. The Balaban J connectivity index is 2.16. The lowest BCUT2D eigenvalue weighted by Crippen LogP contribution is -2.24. The number of carbonyl (C=O) groups is 2. The average Bonchev–Trinajstić information content (AvgIpc) is 3.07. The number of carbonyl (C=O) groups excluding carboxylic acids is 2. The van der Waals surface area contributed by atoms with Crippen molar-refractivity contribution >= 4 is 23.6 Å². The van der Waals surface area contributed by atoms with E-state index in [1.54, 1.807) is 56.5 Å². The van der Waals surface area contributed by atoms with Crippen LogP contribution in [0.2, 0.25) is 0 Å². The van der Waals surface area contributed by atoms with Gasteiger partial charge in [-0.15, -0.1) is 0 Å². The highest BCUT2D eigenvalue weighted by Crippen LogP contribution is 2.40. The number of benzene rings is 2. The number of allylic oxidation sites excluding steroid dienone is 1. The predicted molar refractivity (Wildman–Crippen MR) is 119 cm³/mol. The third-order valence-corrected chi connectivity index (χ3v) is 5.16. The minimum Gasteiger partial charge on any atom is -0.497 e. The quantitative estimate of drug-likeness (QED) is 0.481. The third kappa shape index (κ3) is 3.99. The van der Waals surface area contributed by atoms with E-state index in [9.17, 15) is 9.59 Å². The van der Waals surface area contributed by atoms with Crippen LogP contribution < -0.4 is 23.8 Å². The van der Waals surface area contributed by atoms with Crippen LogP contribution in [-0.2, 0) is 14.3 Å². The van der Waals surface area contributed by atoms with E-state index in [1.165, 1.54) is 33.3 Å². The fraction of sp³-hybridized carbons (Fsp3) is 0.250. The molecule has 0 fully saturated rings. The van der Waals surface area contributed by atoms with E-state index >= 15 is 0 Å². The smallest absolute Gasteiger partial charge is 0.340 e. The molecule has 32 heavy (non-hydrogen) atoms. The summed E-state index contributed by atoms with van der Waals surface area (Å²) in [7, 11) is 7.39. The Hall–Kier alpha value is -3.94. The van der Waals surface area contributed by atoms with Crippen LogP contribution in [0.15, 0.2) is 53.2 Å². The maximum absolute atomic E-state index is 13.5. The number of rotatable bonds is 7. The summed E-state index contributed by atoms with van der Waals surface area (Å²) in [6.07, 6.45) is 1.61. The van der Waals surface area contributed by atoms with Crippen molar-refractivity contribution in [3.63, 3.8) is 0 Å². The zero-order valence-electron chi connectivity index (χ0n) is 18.8. The molecular formula is C24H25NO7. The summed E-state index contributed by atoms with van der Waals surface area (Å²) in [4.78, 5) is 27.6. The monoisotopic (exact) mass is 439 g/mol. The van der Waals surface area contributed by atoms with Crippen LogP contribution >= 0.6 is 0 Å². The van der Waals surface area contributed by atoms with Gasteiger partial charge in [-0.3, -0.25) is 9.69 Å². The Bertz CT molecular complexity index is 1120. The SMILES string of the molecule is COC(=O)C1=C(C)N(c2ccc(OC)c(OC)c2)C(=O)/C1=C\c1ccc(OC)cc1OC.